The van der Waals surface area contributed by atoms with Crippen LogP contribution in [0.1, 0.15) is 37.8 Å². The summed E-state index contributed by atoms with van der Waals surface area (Å²) >= 11 is 0. The Labute approximate surface area is 200 Å². The molecule has 5 rings (SSSR count). The maximum atomic E-state index is 13.3. The SMILES string of the molecule is Cc1cc(N2CCC(C(=O)NCCCN3CCCC3)CC2)n2nc(-c3ccc(F)cc3)cc2n1. The fourth-order valence-electron chi connectivity index (χ4n) is 5.10. The normalized spacial score (nSPS) is 17.5. The lowest BCUT2D eigenvalue weighted by Crippen LogP contribution is -2.41. The molecule has 0 aliphatic carbocycles. The third-order valence-electron chi connectivity index (χ3n) is 7.02. The number of aryl methyl sites for hydroxylation is 1. The van der Waals surface area contributed by atoms with E-state index >= 15 is 0 Å². The summed E-state index contributed by atoms with van der Waals surface area (Å²) in [6.07, 6.45) is 5.29. The molecule has 34 heavy (non-hydrogen) atoms. The number of amides is 1. The summed E-state index contributed by atoms with van der Waals surface area (Å²) in [5.74, 6) is 0.977. The van der Waals surface area contributed by atoms with Crippen LogP contribution >= 0.6 is 0 Å². The van der Waals surface area contributed by atoms with Gasteiger partial charge < -0.3 is 15.1 Å². The van der Waals surface area contributed by atoms with Gasteiger partial charge in [0.1, 0.15) is 11.6 Å². The van der Waals surface area contributed by atoms with Crippen LogP contribution in [0, 0.1) is 18.7 Å². The van der Waals surface area contributed by atoms with E-state index in [1.54, 1.807) is 12.1 Å². The highest BCUT2D eigenvalue weighted by atomic mass is 19.1. The molecule has 1 aromatic carbocycles. The van der Waals surface area contributed by atoms with Crippen LogP contribution in [0.5, 0.6) is 0 Å². The lowest BCUT2D eigenvalue weighted by molar-refractivity contribution is -0.125. The van der Waals surface area contributed by atoms with Gasteiger partial charge in [-0.3, -0.25) is 4.79 Å². The molecule has 0 bridgehead atoms. The van der Waals surface area contributed by atoms with Gasteiger partial charge in [0.2, 0.25) is 5.91 Å². The van der Waals surface area contributed by atoms with Gasteiger partial charge in [-0.15, -0.1) is 0 Å². The summed E-state index contributed by atoms with van der Waals surface area (Å²) in [5.41, 5.74) is 3.32. The van der Waals surface area contributed by atoms with Gasteiger partial charge in [-0.05, 0) is 82.9 Å². The molecule has 2 fully saturated rings. The highest BCUT2D eigenvalue weighted by Crippen LogP contribution is 2.27. The molecule has 8 heteroatoms. The molecule has 2 aromatic heterocycles. The summed E-state index contributed by atoms with van der Waals surface area (Å²) < 4.78 is 15.2. The number of halogens is 1. The Hall–Kier alpha value is -3.00. The van der Waals surface area contributed by atoms with Crippen molar-refractivity contribution in [1.82, 2.24) is 24.8 Å². The number of hydrogen-bond donors (Lipinski definition) is 1. The van der Waals surface area contributed by atoms with Gasteiger partial charge in [-0.2, -0.15) is 9.61 Å². The van der Waals surface area contributed by atoms with Crippen molar-refractivity contribution < 1.29 is 9.18 Å². The Morgan fingerprint density at radius 1 is 1.09 bits per heavy atom. The van der Waals surface area contributed by atoms with E-state index in [4.69, 9.17) is 5.10 Å². The van der Waals surface area contributed by atoms with Crippen LogP contribution in [0.2, 0.25) is 0 Å². The van der Waals surface area contributed by atoms with E-state index < -0.39 is 0 Å². The van der Waals surface area contributed by atoms with Gasteiger partial charge in [0.05, 0.1) is 5.69 Å². The van der Waals surface area contributed by atoms with Crippen LogP contribution in [-0.4, -0.2) is 64.7 Å². The van der Waals surface area contributed by atoms with E-state index in [9.17, 15) is 9.18 Å². The average Bonchev–Trinajstić information content (AvgIpc) is 3.52. The first-order valence-electron chi connectivity index (χ1n) is 12.5. The number of nitrogens with zero attached hydrogens (tertiary/aromatic N) is 5. The molecule has 2 saturated heterocycles. The van der Waals surface area contributed by atoms with Crippen molar-refractivity contribution in [2.24, 2.45) is 5.92 Å². The van der Waals surface area contributed by atoms with E-state index in [2.05, 4.69) is 20.1 Å². The number of anilines is 1. The van der Waals surface area contributed by atoms with Crippen LogP contribution in [0.15, 0.2) is 36.4 Å². The van der Waals surface area contributed by atoms with Crippen LogP contribution in [0.4, 0.5) is 10.2 Å². The molecule has 180 valence electrons. The van der Waals surface area contributed by atoms with Crippen molar-refractivity contribution in [2.75, 3.05) is 44.2 Å². The van der Waals surface area contributed by atoms with E-state index in [0.717, 1.165) is 73.9 Å². The zero-order valence-electron chi connectivity index (χ0n) is 19.8. The second kappa shape index (κ2) is 10.1. The number of rotatable bonds is 7. The number of benzene rings is 1. The third-order valence-corrected chi connectivity index (χ3v) is 7.02. The predicted molar refractivity (Wildman–Crippen MR) is 131 cm³/mol. The van der Waals surface area contributed by atoms with E-state index in [-0.39, 0.29) is 17.6 Å². The Balaban J connectivity index is 1.21. The summed E-state index contributed by atoms with van der Waals surface area (Å²) in [4.78, 5) is 22.1. The first-order valence-corrected chi connectivity index (χ1v) is 12.5. The maximum Gasteiger partial charge on any atom is 0.223 e. The third kappa shape index (κ3) is 5.06. The molecule has 7 nitrogen and oxygen atoms in total. The fraction of sp³-hybridized carbons (Fsp3) is 0.500. The smallest absolute Gasteiger partial charge is 0.223 e. The lowest BCUT2D eigenvalue weighted by Gasteiger charge is -2.33. The number of aromatic nitrogens is 3. The van der Waals surface area contributed by atoms with Crippen molar-refractivity contribution in [1.29, 1.82) is 0 Å². The lowest BCUT2D eigenvalue weighted by atomic mass is 9.96. The molecule has 0 spiro atoms. The first-order chi connectivity index (χ1) is 16.6. The zero-order chi connectivity index (χ0) is 23.5. The van der Waals surface area contributed by atoms with E-state index in [1.807, 2.05) is 23.6 Å². The Morgan fingerprint density at radius 2 is 1.82 bits per heavy atom. The predicted octanol–water partition coefficient (Wildman–Crippen LogP) is 3.66. The van der Waals surface area contributed by atoms with E-state index in [0.29, 0.717) is 0 Å². The number of nitrogens with one attached hydrogen (secondary N) is 1. The van der Waals surface area contributed by atoms with Gasteiger partial charge in [-0.25, -0.2) is 9.37 Å². The summed E-state index contributed by atoms with van der Waals surface area (Å²) in [5, 5.41) is 7.93. The molecule has 2 aliphatic rings. The van der Waals surface area contributed by atoms with Crippen molar-refractivity contribution in [2.45, 2.75) is 39.0 Å². The van der Waals surface area contributed by atoms with Gasteiger partial charge in [-0.1, -0.05) is 0 Å². The van der Waals surface area contributed by atoms with Gasteiger partial charge in [0.25, 0.3) is 0 Å². The highest BCUT2D eigenvalue weighted by Gasteiger charge is 2.26. The van der Waals surface area contributed by atoms with Crippen molar-refractivity contribution in [3.8, 4) is 11.3 Å². The molecule has 1 amide bonds. The number of carbonyl (C=O) groups is 1. The quantitative estimate of drug-likeness (QED) is 0.541. The minimum atomic E-state index is -0.263. The van der Waals surface area contributed by atoms with Gasteiger partial charge >= 0.3 is 0 Å². The second-order valence-electron chi connectivity index (χ2n) is 9.52. The monoisotopic (exact) mass is 464 g/mol. The Kier molecular flexibility index (Phi) is 6.76. The molecular weight excluding hydrogens is 431 g/mol. The molecule has 3 aromatic rings. The van der Waals surface area contributed by atoms with Crippen LogP contribution in [0.25, 0.3) is 16.9 Å². The Bertz CT molecular complexity index is 1130. The Morgan fingerprint density at radius 3 is 2.56 bits per heavy atom. The van der Waals surface area contributed by atoms with Crippen LogP contribution in [-0.2, 0) is 4.79 Å². The molecule has 0 atom stereocenters. The summed E-state index contributed by atoms with van der Waals surface area (Å²) in [7, 11) is 0. The minimum Gasteiger partial charge on any atom is -0.356 e. The molecule has 0 unspecified atom stereocenters. The number of likely N-dealkylation sites (tertiary alicyclic amines) is 1. The number of hydrogen-bond acceptors (Lipinski definition) is 5. The fourth-order valence-corrected chi connectivity index (χ4v) is 5.10. The molecule has 0 radical (unpaired) electrons. The number of piperidine rings is 1. The topological polar surface area (TPSA) is 65.8 Å². The van der Waals surface area contributed by atoms with Crippen LogP contribution < -0.4 is 10.2 Å². The number of fused-ring (bicyclic) bond motifs is 1. The standard InChI is InChI=1S/C26H33FN6O/c1-19-17-25(33-24(29-19)18-23(30-33)20-5-7-22(27)8-6-20)32-15-9-21(10-16-32)26(34)28-11-4-14-31-12-2-3-13-31/h5-8,17-18,21H,2-4,9-16H2,1H3,(H,28,34). The average molecular weight is 465 g/mol. The highest BCUT2D eigenvalue weighted by molar-refractivity contribution is 5.79. The molecule has 1 N–H and O–H groups in total. The first kappa shape index (κ1) is 22.8. The van der Waals surface area contributed by atoms with Crippen molar-refractivity contribution >= 4 is 17.4 Å². The van der Waals surface area contributed by atoms with Crippen LogP contribution in [0.3, 0.4) is 0 Å². The zero-order valence-corrected chi connectivity index (χ0v) is 19.8. The molecular formula is C26H33FN6O. The van der Waals surface area contributed by atoms with Gasteiger partial charge in [0, 0.05) is 48.9 Å². The molecule has 0 saturated carbocycles. The molecule has 4 heterocycles. The van der Waals surface area contributed by atoms with Crippen molar-refractivity contribution in [3.63, 3.8) is 0 Å². The maximum absolute atomic E-state index is 13.3. The van der Waals surface area contributed by atoms with Gasteiger partial charge in [0.15, 0.2) is 5.65 Å². The summed E-state index contributed by atoms with van der Waals surface area (Å²) in [6.45, 7) is 7.84. The summed E-state index contributed by atoms with van der Waals surface area (Å²) in [6, 6.07) is 10.3. The second-order valence-corrected chi connectivity index (χ2v) is 9.52. The molecule has 2 aliphatic heterocycles. The minimum absolute atomic E-state index is 0.0638. The largest absolute Gasteiger partial charge is 0.356 e. The van der Waals surface area contributed by atoms with E-state index in [1.165, 1.54) is 38.1 Å². The van der Waals surface area contributed by atoms with Crippen molar-refractivity contribution in [3.05, 3.63) is 47.9 Å². The number of carbonyl (C=O) groups excluding carboxylic acids is 1.